The van der Waals surface area contributed by atoms with Crippen LogP contribution in [0.2, 0.25) is 0 Å². The number of para-hydroxylation sites is 2. The fraction of sp³-hybridized carbons (Fsp3) is 0.0625. The van der Waals surface area contributed by atoms with Crippen LogP contribution in [0.25, 0.3) is 53.6 Å². The van der Waals surface area contributed by atoms with E-state index in [1.54, 1.807) is 0 Å². The molecule has 1 aromatic heterocycles. The summed E-state index contributed by atoms with van der Waals surface area (Å²) >= 11 is 1.83. The van der Waals surface area contributed by atoms with Crippen molar-refractivity contribution in [2.24, 2.45) is 0 Å². The smallest absolute Gasteiger partial charge is 0.0727 e. The molecule has 3 aliphatic rings. The van der Waals surface area contributed by atoms with E-state index in [2.05, 4.69) is 183 Å². The van der Waals surface area contributed by atoms with E-state index in [1.165, 1.54) is 53.6 Å². The molecule has 1 heterocycles. The normalized spacial score (nSPS) is 16.5. The minimum absolute atomic E-state index is 0.0952. The summed E-state index contributed by atoms with van der Waals surface area (Å²) in [6.07, 6.45) is 0. The summed E-state index contributed by atoms with van der Waals surface area (Å²) in [7, 11) is 0. The predicted molar refractivity (Wildman–Crippen MR) is 283 cm³/mol. The van der Waals surface area contributed by atoms with Crippen molar-refractivity contribution in [3.05, 3.63) is 264 Å². The molecule has 11 aromatic rings. The van der Waals surface area contributed by atoms with Gasteiger partial charge < -0.3 is 9.80 Å². The zero-order chi connectivity index (χ0) is 48.8. The molecule has 1 unspecified atom stereocenters. The molecule has 0 radical (unpaired) electrons. The molecule has 1 atom stereocenters. The molecular weight excluding hydrogens is 829 g/mol. The van der Waals surface area contributed by atoms with Crippen molar-refractivity contribution in [3.63, 3.8) is 0 Å². The Morgan fingerprint density at radius 3 is 1.43 bits per heavy atom. The second-order valence-corrected chi connectivity index (χ2v) is 19.5. The molecular formula is C64H44N2S. The van der Waals surface area contributed by atoms with Gasteiger partial charge >= 0.3 is 0 Å². The number of rotatable bonds is 6. The van der Waals surface area contributed by atoms with Crippen molar-refractivity contribution < 1.29 is 6.85 Å². The van der Waals surface area contributed by atoms with Crippen LogP contribution in [0.15, 0.2) is 230 Å². The van der Waals surface area contributed by atoms with Crippen LogP contribution >= 0.6 is 11.3 Å². The van der Waals surface area contributed by atoms with Crippen LogP contribution in [-0.4, -0.2) is 0 Å². The van der Waals surface area contributed by atoms with E-state index in [4.69, 9.17) is 4.11 Å². The van der Waals surface area contributed by atoms with E-state index in [0.717, 1.165) is 50.4 Å². The molecule has 0 aliphatic heterocycles. The Morgan fingerprint density at radius 1 is 0.343 bits per heavy atom. The molecule has 0 bridgehead atoms. The van der Waals surface area contributed by atoms with Crippen molar-refractivity contribution >= 4 is 65.6 Å². The molecule has 1 spiro atoms. The Kier molecular flexibility index (Phi) is 7.13. The van der Waals surface area contributed by atoms with Gasteiger partial charge in [-0.1, -0.05) is 159 Å². The Morgan fingerprint density at radius 2 is 0.791 bits per heavy atom. The summed E-state index contributed by atoms with van der Waals surface area (Å²) in [5.41, 5.74) is 17.9. The van der Waals surface area contributed by atoms with Gasteiger partial charge in [-0.05, 0) is 152 Å². The lowest BCUT2D eigenvalue weighted by atomic mass is 9.70. The quantitative estimate of drug-likeness (QED) is 0.164. The zero-order valence-corrected chi connectivity index (χ0v) is 37.7. The number of fused-ring (bicyclic) bond motifs is 16. The SMILES string of the molecule is [2H]c1c([2H])c([2H])c(N(c2ccccc2)c2ccc3c(c2)C2(c4ccccc4-c4ccc(N(c5ccc6c(c5)C(C)(C)c5ccccc5-6)c5ccc6sc7ccccc7c6c5)cc42)c2ccccc2-3)c([2H])c1[2H]. The van der Waals surface area contributed by atoms with Gasteiger partial charge in [0.15, 0.2) is 0 Å². The van der Waals surface area contributed by atoms with Crippen LogP contribution in [0.3, 0.4) is 0 Å². The van der Waals surface area contributed by atoms with Gasteiger partial charge in [-0.3, -0.25) is 0 Å². The van der Waals surface area contributed by atoms with Crippen molar-refractivity contribution in [2.75, 3.05) is 9.80 Å². The number of thiophene rings is 1. The average molecular weight is 878 g/mol. The summed E-state index contributed by atoms with van der Waals surface area (Å²) in [6, 6.07) is 70.2. The Balaban J connectivity index is 1.03. The number of hydrogen-bond donors (Lipinski definition) is 0. The highest BCUT2D eigenvalue weighted by Crippen LogP contribution is 2.64. The molecule has 0 saturated heterocycles. The van der Waals surface area contributed by atoms with Crippen LogP contribution in [0.5, 0.6) is 0 Å². The van der Waals surface area contributed by atoms with E-state index >= 15 is 0 Å². The first-order chi connectivity index (χ1) is 35.0. The molecule has 0 N–H and O–H groups in total. The average Bonchev–Trinajstić information content (AvgIpc) is 4.11. The van der Waals surface area contributed by atoms with Crippen LogP contribution < -0.4 is 9.80 Å². The third-order valence-electron chi connectivity index (χ3n) is 14.7. The molecule has 2 nitrogen and oxygen atoms in total. The standard InChI is InChI=1S/C64H44N2S/c1-63(2)55-25-13-9-21-47(55)50-33-29-44(38-58(50)63)66(43-32-36-62-54(37-43)53-24-12-16-28-61(53)67-62)46-31-35-52-49-23-11-15-27-57(49)64(60(52)40-46)56-26-14-10-22-48(56)51-34-30-45(39-59(51)64)65(41-17-5-3-6-18-41)42-19-7-4-8-20-42/h3-40H,1-2H3/i3D,5D,6D,17D,18D. The first-order valence-electron chi connectivity index (χ1n) is 25.4. The van der Waals surface area contributed by atoms with Gasteiger partial charge in [0.2, 0.25) is 0 Å². The monoisotopic (exact) mass is 877 g/mol. The summed E-state index contributed by atoms with van der Waals surface area (Å²) in [5, 5.41) is 2.47. The van der Waals surface area contributed by atoms with Crippen molar-refractivity contribution in [1.82, 2.24) is 0 Å². The molecule has 3 aliphatic carbocycles. The van der Waals surface area contributed by atoms with Gasteiger partial charge in [0, 0.05) is 59.7 Å². The van der Waals surface area contributed by atoms with Crippen LogP contribution in [0.4, 0.5) is 34.1 Å². The summed E-state index contributed by atoms with van der Waals surface area (Å²) in [4.78, 5) is 4.27. The number of nitrogens with zero attached hydrogens (tertiary/aromatic N) is 2. The maximum Gasteiger partial charge on any atom is 0.0727 e. The molecule has 67 heavy (non-hydrogen) atoms. The minimum Gasteiger partial charge on any atom is -0.310 e. The van der Waals surface area contributed by atoms with E-state index < -0.39 is 11.5 Å². The Hall–Kier alpha value is -7.98. The number of hydrogen-bond acceptors (Lipinski definition) is 3. The predicted octanol–water partition coefficient (Wildman–Crippen LogP) is 17.6. The fourth-order valence-corrected chi connectivity index (χ4v) is 13.0. The molecule has 316 valence electrons. The van der Waals surface area contributed by atoms with Crippen molar-refractivity contribution in [3.8, 4) is 33.4 Å². The summed E-state index contributed by atoms with van der Waals surface area (Å²) < 4.78 is 47.0. The van der Waals surface area contributed by atoms with Gasteiger partial charge in [0.25, 0.3) is 0 Å². The molecule has 3 heteroatoms. The van der Waals surface area contributed by atoms with E-state index in [1.807, 2.05) is 52.6 Å². The van der Waals surface area contributed by atoms with E-state index in [-0.39, 0.29) is 35.3 Å². The fourth-order valence-electron chi connectivity index (χ4n) is 11.9. The highest BCUT2D eigenvalue weighted by molar-refractivity contribution is 7.25. The zero-order valence-electron chi connectivity index (χ0n) is 41.9. The molecule has 0 saturated carbocycles. The number of benzene rings is 10. The van der Waals surface area contributed by atoms with E-state index in [9.17, 15) is 2.74 Å². The van der Waals surface area contributed by atoms with E-state index in [0.29, 0.717) is 11.4 Å². The first-order valence-corrected chi connectivity index (χ1v) is 23.7. The van der Waals surface area contributed by atoms with Crippen LogP contribution in [0, 0.1) is 0 Å². The molecule has 0 fully saturated rings. The second-order valence-electron chi connectivity index (χ2n) is 18.5. The topological polar surface area (TPSA) is 6.48 Å². The summed E-state index contributed by atoms with van der Waals surface area (Å²) in [5.74, 6) is 0. The lowest BCUT2D eigenvalue weighted by Gasteiger charge is -2.33. The van der Waals surface area contributed by atoms with Crippen molar-refractivity contribution in [2.45, 2.75) is 24.7 Å². The van der Waals surface area contributed by atoms with Gasteiger partial charge in [-0.25, -0.2) is 0 Å². The Labute approximate surface area is 402 Å². The van der Waals surface area contributed by atoms with Gasteiger partial charge in [-0.15, -0.1) is 11.3 Å². The van der Waals surface area contributed by atoms with Crippen LogP contribution in [-0.2, 0) is 10.8 Å². The highest BCUT2D eigenvalue weighted by atomic mass is 32.1. The maximum absolute atomic E-state index is 9.24. The lowest BCUT2D eigenvalue weighted by Crippen LogP contribution is -2.26. The molecule has 10 aromatic carbocycles. The van der Waals surface area contributed by atoms with Gasteiger partial charge in [-0.2, -0.15) is 0 Å². The van der Waals surface area contributed by atoms with Crippen LogP contribution in [0.1, 0.15) is 54.1 Å². The summed E-state index contributed by atoms with van der Waals surface area (Å²) in [6.45, 7) is 4.68. The number of anilines is 6. The van der Waals surface area contributed by atoms with Gasteiger partial charge in [0.05, 0.1) is 12.3 Å². The highest BCUT2D eigenvalue weighted by Gasteiger charge is 2.52. The third kappa shape index (κ3) is 5.38. The van der Waals surface area contributed by atoms with Crippen molar-refractivity contribution in [1.29, 1.82) is 0 Å². The molecule has 14 rings (SSSR count). The first kappa shape index (κ1) is 33.5. The second kappa shape index (κ2) is 14.3. The third-order valence-corrected chi connectivity index (χ3v) is 15.9. The minimum atomic E-state index is -0.785. The largest absolute Gasteiger partial charge is 0.310 e. The van der Waals surface area contributed by atoms with Gasteiger partial charge in [0.1, 0.15) is 0 Å². The molecule has 0 amide bonds. The Bertz CT molecular complexity index is 4080. The lowest BCUT2D eigenvalue weighted by molar-refractivity contribution is 0.660. The maximum atomic E-state index is 9.24.